The molecule has 2 heterocycles. The van der Waals surface area contributed by atoms with Crippen molar-refractivity contribution in [2.24, 2.45) is 5.73 Å². The number of thiazole rings is 1. The Labute approximate surface area is 240 Å². The van der Waals surface area contributed by atoms with Crippen molar-refractivity contribution in [2.45, 2.75) is 25.9 Å². The molecule has 1 unspecified atom stereocenters. The van der Waals surface area contributed by atoms with Crippen LogP contribution in [-0.2, 0) is 22.6 Å². The van der Waals surface area contributed by atoms with Gasteiger partial charge in [-0.1, -0.05) is 35.6 Å². The fourth-order valence-electron chi connectivity index (χ4n) is 4.59. The van der Waals surface area contributed by atoms with Crippen LogP contribution in [0.4, 0.5) is 21.0 Å². The third-order valence-corrected chi connectivity index (χ3v) is 7.99. The number of halogens is 1. The molecule has 0 fully saturated rings. The number of carbonyl (C=O) groups is 3. The number of fused-ring (bicyclic) bond motifs is 1. The van der Waals surface area contributed by atoms with Crippen LogP contribution >= 0.6 is 11.3 Å². The van der Waals surface area contributed by atoms with Gasteiger partial charge in [-0.2, -0.15) is 0 Å². The number of ether oxygens (including phenoxy) is 1. The van der Waals surface area contributed by atoms with E-state index in [2.05, 4.69) is 11.1 Å². The lowest BCUT2D eigenvalue weighted by Gasteiger charge is -2.28. The summed E-state index contributed by atoms with van der Waals surface area (Å²) in [5.41, 5.74) is 14.9. The zero-order valence-electron chi connectivity index (χ0n) is 22.2. The van der Waals surface area contributed by atoms with Crippen LogP contribution in [0.25, 0.3) is 0 Å². The molecule has 0 radical (unpaired) electrons. The van der Waals surface area contributed by atoms with Gasteiger partial charge in [-0.05, 0) is 73.0 Å². The van der Waals surface area contributed by atoms with Gasteiger partial charge in [-0.15, -0.1) is 0 Å². The van der Waals surface area contributed by atoms with Crippen LogP contribution in [0.5, 0.6) is 5.75 Å². The number of ketones is 1. The SMILES string of the molecule is CC(C(N)=O)N(c1ccc(F)cc1)c1nc(N)c(C(=O)c2ccc(OCC(=O)N3CCc4ccccc4C3)cc2)s1. The maximum Gasteiger partial charge on any atom is 0.260 e. The summed E-state index contributed by atoms with van der Waals surface area (Å²) in [4.78, 5) is 45.8. The van der Waals surface area contributed by atoms with Crippen LogP contribution in [0.1, 0.15) is 33.3 Å². The van der Waals surface area contributed by atoms with E-state index in [1.165, 1.54) is 34.7 Å². The molecule has 0 spiro atoms. The highest BCUT2D eigenvalue weighted by molar-refractivity contribution is 7.18. The molecule has 0 saturated carbocycles. The monoisotopic (exact) mass is 573 g/mol. The summed E-state index contributed by atoms with van der Waals surface area (Å²) >= 11 is 1.00. The molecular weight excluding hydrogens is 545 g/mol. The number of hydrogen-bond acceptors (Lipinski definition) is 8. The number of carbonyl (C=O) groups excluding carboxylic acids is 3. The van der Waals surface area contributed by atoms with Gasteiger partial charge in [0, 0.05) is 24.3 Å². The number of nitrogens with two attached hydrogens (primary N) is 2. The number of aromatic nitrogens is 1. The third-order valence-electron chi connectivity index (χ3n) is 6.92. The number of benzene rings is 3. The average Bonchev–Trinajstić information content (AvgIpc) is 3.37. The van der Waals surface area contributed by atoms with E-state index in [1.54, 1.807) is 36.1 Å². The van der Waals surface area contributed by atoms with Crippen molar-refractivity contribution >= 4 is 45.6 Å². The molecule has 2 amide bonds. The van der Waals surface area contributed by atoms with Crippen molar-refractivity contribution in [2.75, 3.05) is 23.8 Å². The van der Waals surface area contributed by atoms with Crippen molar-refractivity contribution in [3.63, 3.8) is 0 Å². The Hall–Kier alpha value is -4.77. The largest absolute Gasteiger partial charge is 0.484 e. The summed E-state index contributed by atoms with van der Waals surface area (Å²) in [5.74, 6) is -1.11. The van der Waals surface area contributed by atoms with Gasteiger partial charge in [0.05, 0.1) is 0 Å². The molecule has 1 aliphatic rings. The number of hydrogen-bond donors (Lipinski definition) is 2. The molecule has 1 aromatic heterocycles. The molecule has 0 bridgehead atoms. The van der Waals surface area contributed by atoms with E-state index in [1.807, 2.05) is 18.2 Å². The Morgan fingerprint density at radius 3 is 2.41 bits per heavy atom. The standard InChI is InChI=1S/C30H28FN5O4S/c1-18(29(33)39)36(23-10-8-22(31)9-11-23)30-34-28(32)27(41-30)26(38)20-6-12-24(13-7-20)40-17-25(37)35-15-14-19-4-2-3-5-21(19)16-35/h2-13,18H,14-17,32H2,1H3,(H2,33,39). The molecule has 41 heavy (non-hydrogen) atoms. The van der Waals surface area contributed by atoms with Crippen LogP contribution in [0, 0.1) is 5.82 Å². The molecule has 210 valence electrons. The van der Waals surface area contributed by atoms with Crippen LogP contribution in [0.2, 0.25) is 0 Å². The second kappa shape index (κ2) is 11.8. The Balaban J connectivity index is 1.26. The molecular formula is C30H28FN5O4S. The van der Waals surface area contributed by atoms with Gasteiger partial charge in [0.1, 0.15) is 28.3 Å². The molecule has 3 aromatic carbocycles. The highest BCUT2D eigenvalue weighted by Gasteiger charge is 2.27. The lowest BCUT2D eigenvalue weighted by molar-refractivity contribution is -0.134. The van der Waals surface area contributed by atoms with Crippen molar-refractivity contribution in [1.82, 2.24) is 9.88 Å². The maximum atomic E-state index is 13.5. The summed E-state index contributed by atoms with van der Waals surface area (Å²) in [6.07, 6.45) is 0.810. The normalized spacial score (nSPS) is 13.3. The van der Waals surface area contributed by atoms with Crippen LogP contribution in [0.15, 0.2) is 72.8 Å². The van der Waals surface area contributed by atoms with Gasteiger partial charge in [-0.25, -0.2) is 9.37 Å². The zero-order valence-corrected chi connectivity index (χ0v) is 23.1. The van der Waals surface area contributed by atoms with E-state index >= 15 is 0 Å². The number of anilines is 3. The van der Waals surface area contributed by atoms with E-state index in [9.17, 15) is 18.8 Å². The minimum atomic E-state index is -0.840. The molecule has 4 N–H and O–H groups in total. The first kappa shape index (κ1) is 27.8. The second-order valence-corrected chi connectivity index (χ2v) is 10.6. The van der Waals surface area contributed by atoms with Gasteiger partial charge < -0.3 is 26.0 Å². The molecule has 0 saturated heterocycles. The van der Waals surface area contributed by atoms with E-state index in [4.69, 9.17) is 16.2 Å². The van der Waals surface area contributed by atoms with Crippen LogP contribution in [-0.4, -0.2) is 46.7 Å². The fraction of sp³-hybridized carbons (Fsp3) is 0.200. The lowest BCUT2D eigenvalue weighted by Crippen LogP contribution is -2.39. The third kappa shape index (κ3) is 6.04. The van der Waals surface area contributed by atoms with Gasteiger partial charge >= 0.3 is 0 Å². The minimum absolute atomic E-state index is 0.00666. The predicted octanol–water partition coefficient (Wildman–Crippen LogP) is 4.07. The highest BCUT2D eigenvalue weighted by atomic mass is 32.1. The average molecular weight is 574 g/mol. The van der Waals surface area contributed by atoms with Crippen molar-refractivity contribution in [1.29, 1.82) is 0 Å². The summed E-state index contributed by atoms with van der Waals surface area (Å²) < 4.78 is 19.2. The number of nitrogens with zero attached hydrogens (tertiary/aromatic N) is 3. The predicted molar refractivity (Wildman–Crippen MR) is 155 cm³/mol. The Morgan fingerprint density at radius 2 is 1.73 bits per heavy atom. The molecule has 1 aliphatic heterocycles. The maximum absolute atomic E-state index is 13.5. The first-order chi connectivity index (χ1) is 19.7. The Morgan fingerprint density at radius 1 is 1.05 bits per heavy atom. The van der Waals surface area contributed by atoms with Crippen LogP contribution < -0.4 is 21.1 Å². The molecule has 11 heteroatoms. The van der Waals surface area contributed by atoms with Crippen LogP contribution in [0.3, 0.4) is 0 Å². The molecule has 9 nitrogen and oxygen atoms in total. The number of nitrogen functional groups attached to an aromatic ring is 1. The van der Waals surface area contributed by atoms with Gasteiger partial charge in [0.2, 0.25) is 11.7 Å². The number of amides is 2. The molecule has 5 rings (SSSR count). The number of primary amides is 1. The first-order valence-corrected chi connectivity index (χ1v) is 13.8. The highest BCUT2D eigenvalue weighted by Crippen LogP contribution is 2.36. The smallest absolute Gasteiger partial charge is 0.260 e. The first-order valence-electron chi connectivity index (χ1n) is 12.9. The molecule has 4 aromatic rings. The topological polar surface area (TPSA) is 132 Å². The van der Waals surface area contributed by atoms with Crippen molar-refractivity contribution in [3.05, 3.63) is 100 Å². The van der Waals surface area contributed by atoms with Crippen molar-refractivity contribution in [3.8, 4) is 5.75 Å². The van der Waals surface area contributed by atoms with E-state index in [0.717, 1.165) is 23.3 Å². The summed E-state index contributed by atoms with van der Waals surface area (Å²) in [6, 6.07) is 19.1. The quantitative estimate of drug-likeness (QED) is 0.289. The fourth-order valence-corrected chi connectivity index (χ4v) is 5.64. The van der Waals surface area contributed by atoms with Crippen molar-refractivity contribution < 1.29 is 23.5 Å². The Bertz CT molecular complexity index is 1590. The van der Waals surface area contributed by atoms with Gasteiger partial charge in [0.25, 0.3) is 5.91 Å². The lowest BCUT2D eigenvalue weighted by atomic mass is 10.00. The minimum Gasteiger partial charge on any atom is -0.484 e. The van der Waals surface area contributed by atoms with Gasteiger partial charge in [0.15, 0.2) is 11.7 Å². The summed E-state index contributed by atoms with van der Waals surface area (Å²) in [6.45, 7) is 2.67. The summed E-state index contributed by atoms with van der Waals surface area (Å²) in [5, 5.41) is 0.266. The molecule has 0 aliphatic carbocycles. The number of rotatable bonds is 9. The van der Waals surface area contributed by atoms with E-state index in [-0.39, 0.29) is 34.1 Å². The van der Waals surface area contributed by atoms with Gasteiger partial charge in [-0.3, -0.25) is 14.4 Å². The summed E-state index contributed by atoms with van der Waals surface area (Å²) in [7, 11) is 0. The Kier molecular flexibility index (Phi) is 7.97. The zero-order chi connectivity index (χ0) is 29.1. The van der Waals surface area contributed by atoms with E-state index in [0.29, 0.717) is 30.1 Å². The molecule has 1 atom stereocenters. The second-order valence-electron chi connectivity index (χ2n) is 9.61. The van der Waals surface area contributed by atoms with E-state index < -0.39 is 17.8 Å².